The van der Waals surface area contributed by atoms with Crippen LogP contribution in [0.3, 0.4) is 0 Å². The van der Waals surface area contributed by atoms with Gasteiger partial charge in [0.2, 0.25) is 0 Å². The number of fused-ring (bicyclic) bond motifs is 3. The maximum atomic E-state index is 12.7. The summed E-state index contributed by atoms with van der Waals surface area (Å²) >= 11 is 0. The summed E-state index contributed by atoms with van der Waals surface area (Å²) in [6, 6.07) is 6.73. The second-order valence-electron chi connectivity index (χ2n) is 7.69. The molecule has 4 heteroatoms. The van der Waals surface area contributed by atoms with E-state index in [0.717, 1.165) is 37.3 Å². The minimum atomic E-state index is 0.0867. The molecule has 4 fully saturated rings. The van der Waals surface area contributed by atoms with E-state index in [1.165, 1.54) is 18.4 Å². The fourth-order valence-corrected chi connectivity index (χ4v) is 5.85. The summed E-state index contributed by atoms with van der Waals surface area (Å²) in [5.41, 5.74) is 1.42. The Morgan fingerprint density at radius 3 is 2.71 bits per heavy atom. The number of hydrogen-bond acceptors (Lipinski definition) is 4. The van der Waals surface area contributed by atoms with Crippen LogP contribution in [-0.2, 0) is 10.2 Å². The lowest BCUT2D eigenvalue weighted by molar-refractivity contribution is -0.130. The predicted octanol–water partition coefficient (Wildman–Crippen LogP) is 3.03. The van der Waals surface area contributed by atoms with Gasteiger partial charge in [0, 0.05) is 23.8 Å². The van der Waals surface area contributed by atoms with Crippen LogP contribution in [0.1, 0.15) is 37.7 Å². The van der Waals surface area contributed by atoms with Gasteiger partial charge in [-0.2, -0.15) is 0 Å². The van der Waals surface area contributed by atoms with Crippen LogP contribution in [0.15, 0.2) is 18.2 Å². The maximum Gasteiger partial charge on any atom is 0.161 e. The maximum absolute atomic E-state index is 12.7. The number of rotatable bonds is 3. The third-order valence-electron chi connectivity index (χ3n) is 6.84. The van der Waals surface area contributed by atoms with Gasteiger partial charge in [0.05, 0.1) is 14.2 Å². The van der Waals surface area contributed by atoms with Gasteiger partial charge in [-0.1, -0.05) is 12.5 Å². The van der Waals surface area contributed by atoms with Crippen LogP contribution in [0.4, 0.5) is 0 Å². The van der Waals surface area contributed by atoms with E-state index in [1.54, 1.807) is 14.2 Å². The summed E-state index contributed by atoms with van der Waals surface area (Å²) in [5, 5.41) is 0. The van der Waals surface area contributed by atoms with Crippen molar-refractivity contribution in [2.24, 2.45) is 11.8 Å². The Morgan fingerprint density at radius 2 is 1.96 bits per heavy atom. The van der Waals surface area contributed by atoms with Gasteiger partial charge in [0.15, 0.2) is 11.5 Å². The molecule has 130 valence electrons. The van der Waals surface area contributed by atoms with Gasteiger partial charge in [0.1, 0.15) is 5.78 Å². The Kier molecular flexibility index (Phi) is 3.83. The lowest BCUT2D eigenvalue weighted by atomic mass is 9.57. The molecule has 4 nitrogen and oxygen atoms in total. The largest absolute Gasteiger partial charge is 0.493 e. The van der Waals surface area contributed by atoms with Crippen LogP contribution in [-0.4, -0.2) is 44.5 Å². The van der Waals surface area contributed by atoms with E-state index in [2.05, 4.69) is 24.1 Å². The lowest BCUT2D eigenvalue weighted by Gasteiger charge is -2.48. The molecule has 0 radical (unpaired) electrons. The summed E-state index contributed by atoms with van der Waals surface area (Å²) in [6.45, 7) is 1.07. The molecule has 24 heavy (non-hydrogen) atoms. The number of hydrogen-bond donors (Lipinski definition) is 0. The topological polar surface area (TPSA) is 38.8 Å². The van der Waals surface area contributed by atoms with Crippen molar-refractivity contribution in [3.05, 3.63) is 23.8 Å². The molecule has 1 saturated heterocycles. The zero-order valence-corrected chi connectivity index (χ0v) is 14.9. The fraction of sp³-hybridized carbons (Fsp3) is 0.650. The number of carbonyl (C=O) groups is 1. The van der Waals surface area contributed by atoms with Crippen molar-refractivity contribution in [3.8, 4) is 11.5 Å². The van der Waals surface area contributed by atoms with Gasteiger partial charge in [-0.3, -0.25) is 4.79 Å². The smallest absolute Gasteiger partial charge is 0.161 e. The van der Waals surface area contributed by atoms with Crippen LogP contribution >= 0.6 is 0 Å². The molecule has 0 spiro atoms. The van der Waals surface area contributed by atoms with Crippen molar-refractivity contribution in [3.63, 3.8) is 0 Å². The highest BCUT2D eigenvalue weighted by molar-refractivity contribution is 5.84. The van der Waals surface area contributed by atoms with Gasteiger partial charge in [0.25, 0.3) is 0 Å². The molecule has 3 aliphatic carbocycles. The van der Waals surface area contributed by atoms with Gasteiger partial charge < -0.3 is 14.4 Å². The van der Waals surface area contributed by atoms with Crippen molar-refractivity contribution in [1.82, 2.24) is 4.90 Å². The minimum Gasteiger partial charge on any atom is -0.493 e. The van der Waals surface area contributed by atoms with Gasteiger partial charge >= 0.3 is 0 Å². The molecular formula is C20H27NO3. The van der Waals surface area contributed by atoms with E-state index in [9.17, 15) is 4.79 Å². The molecule has 4 aliphatic rings. The van der Waals surface area contributed by atoms with Crippen LogP contribution in [0.2, 0.25) is 0 Å². The number of carbonyl (C=O) groups excluding carboxylic acids is 1. The van der Waals surface area contributed by atoms with Crippen LogP contribution in [0, 0.1) is 11.8 Å². The molecule has 3 saturated carbocycles. The second kappa shape index (κ2) is 5.76. The third-order valence-corrected chi connectivity index (χ3v) is 6.84. The third kappa shape index (κ3) is 2.05. The highest BCUT2D eigenvalue weighted by atomic mass is 16.5. The van der Waals surface area contributed by atoms with Gasteiger partial charge in [-0.15, -0.1) is 0 Å². The first-order valence-corrected chi connectivity index (χ1v) is 9.07. The quantitative estimate of drug-likeness (QED) is 0.854. The molecule has 0 N–H and O–H groups in total. The monoisotopic (exact) mass is 329 g/mol. The highest BCUT2D eigenvalue weighted by Crippen LogP contribution is 2.57. The predicted molar refractivity (Wildman–Crippen MR) is 92.7 cm³/mol. The summed E-state index contributed by atoms with van der Waals surface area (Å²) in [4.78, 5) is 15.1. The van der Waals surface area contributed by atoms with E-state index in [1.807, 2.05) is 6.07 Å². The zero-order chi connectivity index (χ0) is 16.9. The molecule has 1 aromatic rings. The molecule has 5 rings (SSSR count). The first-order valence-electron chi connectivity index (χ1n) is 9.07. The molecule has 1 aromatic carbocycles. The molecule has 2 bridgehead atoms. The van der Waals surface area contributed by atoms with Gasteiger partial charge in [-0.25, -0.2) is 0 Å². The van der Waals surface area contributed by atoms with E-state index < -0.39 is 0 Å². The van der Waals surface area contributed by atoms with E-state index in [0.29, 0.717) is 17.7 Å². The highest BCUT2D eigenvalue weighted by Gasteiger charge is 2.60. The SMILES string of the molecule is COc1ccc([C@@]23CCN(C)[C@@H]2C2CCCC3CC2=O)cc1OC. The number of methoxy groups -OCH3 is 2. The van der Waals surface area contributed by atoms with Crippen molar-refractivity contribution in [2.45, 2.75) is 43.6 Å². The summed E-state index contributed by atoms with van der Waals surface area (Å²) in [7, 11) is 5.57. The number of Topliss-reactive ketones (excluding diaryl/α,β-unsaturated/α-hetero) is 1. The van der Waals surface area contributed by atoms with Crippen molar-refractivity contribution >= 4 is 5.78 Å². The molecule has 1 aliphatic heterocycles. The number of benzene rings is 1. The zero-order valence-electron chi connectivity index (χ0n) is 14.9. The summed E-state index contributed by atoms with van der Waals surface area (Å²) in [6.07, 6.45) is 5.29. The standard InChI is InChI=1S/C20H27NO3/c1-21-10-9-20(14-7-8-17(23-2)18(12-14)24-3)13-5-4-6-15(19(20)21)16(22)11-13/h7-8,12-13,15,19H,4-6,9-11H2,1-3H3/t13?,15?,19-,20+/m1/s1. The van der Waals surface area contributed by atoms with Crippen LogP contribution in [0.5, 0.6) is 11.5 Å². The molecule has 4 atom stereocenters. The van der Waals surface area contributed by atoms with E-state index in [4.69, 9.17) is 9.47 Å². The summed E-state index contributed by atoms with van der Waals surface area (Å²) < 4.78 is 11.0. The van der Waals surface area contributed by atoms with Crippen molar-refractivity contribution in [1.29, 1.82) is 0 Å². The Morgan fingerprint density at radius 1 is 1.17 bits per heavy atom. The first-order chi connectivity index (χ1) is 11.6. The molecule has 2 unspecified atom stereocenters. The molecule has 0 amide bonds. The number of likely N-dealkylation sites (tertiary alicyclic amines) is 1. The Balaban J connectivity index is 1.86. The number of ether oxygens (including phenoxy) is 2. The summed E-state index contributed by atoms with van der Waals surface area (Å²) in [5.74, 6) is 2.72. The Labute approximate surface area is 144 Å². The average Bonchev–Trinajstić information content (AvgIpc) is 2.75. The van der Waals surface area contributed by atoms with Crippen LogP contribution in [0.25, 0.3) is 0 Å². The van der Waals surface area contributed by atoms with Gasteiger partial charge in [-0.05, 0) is 56.5 Å². The molecule has 1 heterocycles. The van der Waals surface area contributed by atoms with Crippen LogP contribution < -0.4 is 9.47 Å². The van der Waals surface area contributed by atoms with E-state index in [-0.39, 0.29) is 11.3 Å². The number of ketones is 1. The van der Waals surface area contributed by atoms with Crippen molar-refractivity contribution in [2.75, 3.05) is 27.8 Å². The Hall–Kier alpha value is -1.55. The number of nitrogens with zero attached hydrogens (tertiary/aromatic N) is 1. The number of likely N-dealkylation sites (N-methyl/N-ethyl adjacent to an activating group) is 1. The normalized spacial score (nSPS) is 35.6. The average molecular weight is 329 g/mol. The Bertz CT molecular complexity index is 658. The lowest BCUT2D eigenvalue weighted by Crippen LogP contribution is -2.55. The van der Waals surface area contributed by atoms with Crippen molar-refractivity contribution < 1.29 is 14.3 Å². The fourth-order valence-electron chi connectivity index (χ4n) is 5.85. The first kappa shape index (κ1) is 15.9. The molecular weight excluding hydrogens is 302 g/mol. The molecule has 0 aromatic heterocycles. The minimum absolute atomic E-state index is 0.0867. The second-order valence-corrected chi connectivity index (χ2v) is 7.69. The van der Waals surface area contributed by atoms with E-state index >= 15 is 0 Å².